The Morgan fingerprint density at radius 2 is 1.53 bits per heavy atom. The second-order valence-corrected chi connectivity index (χ2v) is 8.13. The Hall–Kier alpha value is -3.61. The van der Waals surface area contributed by atoms with Crippen molar-refractivity contribution < 1.29 is 14.3 Å². The van der Waals surface area contributed by atoms with Crippen LogP contribution in [0.25, 0.3) is 11.3 Å². The fourth-order valence-electron chi connectivity index (χ4n) is 4.06. The lowest BCUT2D eigenvalue weighted by Crippen LogP contribution is -2.49. The molecule has 1 aliphatic heterocycles. The molecule has 0 saturated carbocycles. The molecule has 178 valence electrons. The Balaban J connectivity index is 1.38. The molecule has 0 radical (unpaired) electrons. The number of carbonyl (C=O) groups excluding carboxylic acids is 1. The van der Waals surface area contributed by atoms with E-state index in [0.29, 0.717) is 56.5 Å². The van der Waals surface area contributed by atoms with Gasteiger partial charge in [-0.2, -0.15) is 0 Å². The van der Waals surface area contributed by atoms with Crippen molar-refractivity contribution in [1.29, 1.82) is 0 Å². The van der Waals surface area contributed by atoms with Crippen molar-refractivity contribution in [2.45, 2.75) is 27.2 Å². The lowest BCUT2D eigenvalue weighted by atomic mass is 10.1. The van der Waals surface area contributed by atoms with E-state index >= 15 is 0 Å². The van der Waals surface area contributed by atoms with Crippen LogP contribution >= 0.6 is 0 Å². The van der Waals surface area contributed by atoms with Crippen molar-refractivity contribution in [3.05, 3.63) is 65.7 Å². The van der Waals surface area contributed by atoms with E-state index in [9.17, 15) is 4.79 Å². The van der Waals surface area contributed by atoms with Gasteiger partial charge in [-0.3, -0.25) is 4.79 Å². The normalized spacial score (nSPS) is 13.6. The lowest BCUT2D eigenvalue weighted by Gasteiger charge is -2.35. The van der Waals surface area contributed by atoms with E-state index in [-0.39, 0.29) is 5.91 Å². The zero-order valence-corrected chi connectivity index (χ0v) is 20.2. The third-order valence-electron chi connectivity index (χ3n) is 5.99. The summed E-state index contributed by atoms with van der Waals surface area (Å²) in [6.07, 6.45) is 1.02. The maximum atomic E-state index is 13.1. The van der Waals surface area contributed by atoms with Crippen molar-refractivity contribution in [2.24, 2.45) is 0 Å². The van der Waals surface area contributed by atoms with E-state index in [1.54, 1.807) is 12.1 Å². The highest BCUT2D eigenvalue weighted by molar-refractivity contribution is 5.95. The van der Waals surface area contributed by atoms with E-state index in [1.165, 1.54) is 5.56 Å². The Morgan fingerprint density at radius 3 is 2.15 bits per heavy atom. The predicted octanol–water partition coefficient (Wildman–Crippen LogP) is 4.47. The van der Waals surface area contributed by atoms with Crippen molar-refractivity contribution >= 4 is 11.7 Å². The van der Waals surface area contributed by atoms with Gasteiger partial charge in [0.15, 0.2) is 17.3 Å². The zero-order chi connectivity index (χ0) is 23.9. The van der Waals surface area contributed by atoms with Gasteiger partial charge in [0.2, 0.25) is 0 Å². The van der Waals surface area contributed by atoms with Gasteiger partial charge < -0.3 is 19.3 Å². The van der Waals surface area contributed by atoms with Gasteiger partial charge in [0.25, 0.3) is 5.91 Å². The Labute approximate surface area is 201 Å². The Kier molecular flexibility index (Phi) is 7.62. The number of piperazine rings is 1. The summed E-state index contributed by atoms with van der Waals surface area (Å²) in [4.78, 5) is 17.1. The number of aromatic nitrogens is 2. The van der Waals surface area contributed by atoms with Gasteiger partial charge in [-0.25, -0.2) is 0 Å². The van der Waals surface area contributed by atoms with Crippen LogP contribution in [-0.2, 0) is 6.42 Å². The standard InChI is InChI=1S/C27H32N4O3/c1-4-20-7-9-21(10-8-20)23-12-14-26(29-28-23)30-15-17-31(18-16-30)27(32)22-11-13-24(33-5-2)25(19-22)34-6-3/h7-14,19H,4-6,15-18H2,1-3H3. The second kappa shape index (κ2) is 11.0. The van der Waals surface area contributed by atoms with Crippen LogP contribution in [0.2, 0.25) is 0 Å². The molecule has 1 aromatic heterocycles. The molecular weight excluding hydrogens is 428 g/mol. The van der Waals surface area contributed by atoms with Gasteiger partial charge in [0.05, 0.1) is 18.9 Å². The number of carbonyl (C=O) groups is 1. The Bertz CT molecular complexity index is 1090. The van der Waals surface area contributed by atoms with Crippen molar-refractivity contribution in [2.75, 3.05) is 44.3 Å². The molecule has 0 spiro atoms. The van der Waals surface area contributed by atoms with Crippen LogP contribution in [0.3, 0.4) is 0 Å². The minimum Gasteiger partial charge on any atom is -0.490 e. The van der Waals surface area contributed by atoms with E-state index in [1.807, 2.05) is 36.9 Å². The van der Waals surface area contributed by atoms with Crippen LogP contribution in [0.4, 0.5) is 5.82 Å². The summed E-state index contributed by atoms with van der Waals surface area (Å²) >= 11 is 0. The molecule has 2 heterocycles. The lowest BCUT2D eigenvalue weighted by molar-refractivity contribution is 0.0746. The summed E-state index contributed by atoms with van der Waals surface area (Å²) in [5.74, 6) is 2.10. The minimum absolute atomic E-state index is 0.000565. The first-order valence-electron chi connectivity index (χ1n) is 12.0. The van der Waals surface area contributed by atoms with Gasteiger partial charge >= 0.3 is 0 Å². The van der Waals surface area contributed by atoms with Crippen LogP contribution in [0.5, 0.6) is 11.5 Å². The van der Waals surface area contributed by atoms with Gasteiger partial charge in [-0.1, -0.05) is 31.2 Å². The molecule has 4 rings (SSSR count). The fourth-order valence-corrected chi connectivity index (χ4v) is 4.06. The number of hydrogen-bond acceptors (Lipinski definition) is 6. The van der Waals surface area contributed by atoms with Crippen LogP contribution in [0, 0.1) is 0 Å². The molecule has 1 saturated heterocycles. The van der Waals surface area contributed by atoms with Crippen molar-refractivity contribution in [1.82, 2.24) is 15.1 Å². The van der Waals surface area contributed by atoms with Crippen molar-refractivity contribution in [3.8, 4) is 22.8 Å². The SMILES string of the molecule is CCOc1ccc(C(=O)N2CCN(c3ccc(-c4ccc(CC)cc4)nn3)CC2)cc1OCC. The molecule has 0 aliphatic carbocycles. The number of hydrogen-bond donors (Lipinski definition) is 0. The molecular formula is C27H32N4O3. The Morgan fingerprint density at radius 1 is 0.824 bits per heavy atom. The number of rotatable bonds is 8. The minimum atomic E-state index is 0.000565. The second-order valence-electron chi connectivity index (χ2n) is 8.13. The third kappa shape index (κ3) is 5.30. The number of aryl methyl sites for hydroxylation is 1. The first kappa shape index (κ1) is 23.5. The molecule has 7 nitrogen and oxygen atoms in total. The maximum absolute atomic E-state index is 13.1. The van der Waals surface area contributed by atoms with E-state index in [0.717, 1.165) is 23.5 Å². The highest BCUT2D eigenvalue weighted by Crippen LogP contribution is 2.29. The number of ether oxygens (including phenoxy) is 2. The topological polar surface area (TPSA) is 67.8 Å². The van der Waals surface area contributed by atoms with Crippen LogP contribution < -0.4 is 14.4 Å². The fraction of sp³-hybridized carbons (Fsp3) is 0.370. The maximum Gasteiger partial charge on any atom is 0.254 e. The zero-order valence-electron chi connectivity index (χ0n) is 20.2. The smallest absolute Gasteiger partial charge is 0.254 e. The number of nitrogens with zero attached hydrogens (tertiary/aromatic N) is 4. The first-order chi connectivity index (χ1) is 16.6. The van der Waals surface area contributed by atoms with Crippen molar-refractivity contribution in [3.63, 3.8) is 0 Å². The molecule has 1 amide bonds. The molecule has 0 unspecified atom stereocenters. The van der Waals surface area contributed by atoms with E-state index in [2.05, 4.69) is 46.3 Å². The molecule has 0 N–H and O–H groups in total. The largest absolute Gasteiger partial charge is 0.490 e. The highest BCUT2D eigenvalue weighted by atomic mass is 16.5. The quantitative estimate of drug-likeness (QED) is 0.494. The summed E-state index contributed by atoms with van der Waals surface area (Å²) in [6, 6.07) is 17.8. The predicted molar refractivity (Wildman–Crippen MR) is 134 cm³/mol. The first-order valence-corrected chi connectivity index (χ1v) is 12.0. The van der Waals surface area contributed by atoms with E-state index < -0.39 is 0 Å². The molecule has 7 heteroatoms. The average molecular weight is 461 g/mol. The summed E-state index contributed by atoms with van der Waals surface area (Å²) in [6.45, 7) is 9.71. The highest BCUT2D eigenvalue weighted by Gasteiger charge is 2.24. The summed E-state index contributed by atoms with van der Waals surface area (Å²) < 4.78 is 11.3. The van der Waals surface area contributed by atoms with Crippen LogP contribution in [-0.4, -0.2) is 60.4 Å². The van der Waals surface area contributed by atoms with Gasteiger partial charge in [0, 0.05) is 37.3 Å². The molecule has 0 atom stereocenters. The van der Waals surface area contributed by atoms with Crippen LogP contribution in [0.1, 0.15) is 36.7 Å². The summed E-state index contributed by atoms with van der Waals surface area (Å²) in [7, 11) is 0. The number of amides is 1. The van der Waals surface area contributed by atoms with Crippen LogP contribution in [0.15, 0.2) is 54.6 Å². The molecule has 2 aromatic carbocycles. The van der Waals surface area contributed by atoms with Gasteiger partial charge in [0.1, 0.15) is 0 Å². The number of anilines is 1. The van der Waals surface area contributed by atoms with Gasteiger partial charge in [-0.05, 0) is 56.2 Å². The summed E-state index contributed by atoms with van der Waals surface area (Å²) in [5, 5.41) is 8.88. The number of benzene rings is 2. The molecule has 34 heavy (non-hydrogen) atoms. The third-order valence-corrected chi connectivity index (χ3v) is 5.99. The molecule has 1 aliphatic rings. The molecule has 3 aromatic rings. The molecule has 0 bridgehead atoms. The summed E-state index contributed by atoms with van der Waals surface area (Å²) in [5.41, 5.74) is 3.84. The average Bonchev–Trinajstić information content (AvgIpc) is 2.90. The van der Waals surface area contributed by atoms with E-state index in [4.69, 9.17) is 9.47 Å². The molecule has 1 fully saturated rings. The van der Waals surface area contributed by atoms with Gasteiger partial charge in [-0.15, -0.1) is 10.2 Å². The monoisotopic (exact) mass is 460 g/mol.